The van der Waals surface area contributed by atoms with E-state index in [1.807, 2.05) is 36.4 Å². The lowest BCUT2D eigenvalue weighted by Gasteiger charge is -2.04. The van der Waals surface area contributed by atoms with Crippen molar-refractivity contribution in [3.8, 4) is 11.3 Å². The highest BCUT2D eigenvalue weighted by Crippen LogP contribution is 2.35. The Labute approximate surface area is 137 Å². The molecule has 0 saturated carbocycles. The summed E-state index contributed by atoms with van der Waals surface area (Å²) in [5.41, 5.74) is 8.73. The quantitative estimate of drug-likeness (QED) is 0.565. The molecule has 5 heteroatoms. The third kappa shape index (κ3) is 2.18. The molecule has 5 nitrogen and oxygen atoms in total. The average molecular weight is 318 g/mol. The maximum atomic E-state index is 11.7. The Balaban J connectivity index is 1.97. The van der Waals surface area contributed by atoms with E-state index >= 15 is 0 Å². The van der Waals surface area contributed by atoms with Gasteiger partial charge in [0.05, 0.1) is 23.6 Å². The second kappa shape index (κ2) is 5.38. The second-order valence-electron chi connectivity index (χ2n) is 5.44. The number of rotatable bonds is 2. The Morgan fingerprint density at radius 2 is 1.88 bits per heavy atom. The summed E-state index contributed by atoms with van der Waals surface area (Å²) in [6.07, 6.45) is 0. The van der Waals surface area contributed by atoms with Crippen LogP contribution in [-0.4, -0.2) is 18.1 Å². The molecule has 0 aliphatic rings. The van der Waals surface area contributed by atoms with Crippen LogP contribution >= 0.6 is 0 Å². The van der Waals surface area contributed by atoms with E-state index in [1.54, 1.807) is 18.2 Å². The molecule has 4 rings (SSSR count). The van der Waals surface area contributed by atoms with Gasteiger partial charge in [0.15, 0.2) is 0 Å². The number of carbonyl (C=O) groups excluding carboxylic acids is 1. The van der Waals surface area contributed by atoms with Crippen molar-refractivity contribution in [2.45, 2.75) is 0 Å². The number of benzene rings is 2. The van der Waals surface area contributed by atoms with Crippen molar-refractivity contribution >= 4 is 33.7 Å². The number of methoxy groups -OCH3 is 1. The Hall–Kier alpha value is -3.34. The van der Waals surface area contributed by atoms with Crippen LogP contribution in [-0.2, 0) is 4.74 Å². The highest BCUT2D eigenvalue weighted by atomic mass is 16.5. The highest BCUT2D eigenvalue weighted by Gasteiger charge is 2.15. The van der Waals surface area contributed by atoms with Crippen LogP contribution in [0.5, 0.6) is 0 Å². The number of hydrogen-bond donors (Lipinski definition) is 1. The fourth-order valence-corrected chi connectivity index (χ4v) is 2.78. The minimum absolute atomic E-state index is 0.366. The summed E-state index contributed by atoms with van der Waals surface area (Å²) < 4.78 is 10.8. The van der Waals surface area contributed by atoms with Crippen molar-refractivity contribution in [1.29, 1.82) is 0 Å². The number of ether oxygens (including phenoxy) is 1. The van der Waals surface area contributed by atoms with Crippen LogP contribution in [0.15, 0.2) is 59.0 Å². The van der Waals surface area contributed by atoms with Crippen LogP contribution in [0.4, 0.5) is 5.82 Å². The van der Waals surface area contributed by atoms with Gasteiger partial charge in [0.2, 0.25) is 0 Å². The molecule has 118 valence electrons. The zero-order valence-corrected chi connectivity index (χ0v) is 12.9. The molecule has 0 bridgehead atoms. The predicted octanol–water partition coefficient (Wildman–Crippen LogP) is 4.02. The summed E-state index contributed by atoms with van der Waals surface area (Å²) >= 11 is 0. The summed E-state index contributed by atoms with van der Waals surface area (Å²) in [6.45, 7) is 0. The number of hydrogen-bond acceptors (Lipinski definition) is 5. The first-order valence-electron chi connectivity index (χ1n) is 7.44. The summed E-state index contributed by atoms with van der Waals surface area (Å²) in [7, 11) is 1.34. The van der Waals surface area contributed by atoms with Gasteiger partial charge in [0.1, 0.15) is 17.2 Å². The second-order valence-corrected chi connectivity index (χ2v) is 5.44. The van der Waals surface area contributed by atoms with Gasteiger partial charge in [-0.3, -0.25) is 0 Å². The molecular formula is C19H14N2O3. The minimum atomic E-state index is -0.415. The van der Waals surface area contributed by atoms with E-state index in [1.165, 1.54) is 7.11 Å². The van der Waals surface area contributed by atoms with Gasteiger partial charge in [-0.05, 0) is 24.3 Å². The summed E-state index contributed by atoms with van der Waals surface area (Å²) in [6, 6.07) is 16.8. The number of furan rings is 1. The third-order valence-corrected chi connectivity index (χ3v) is 3.97. The molecule has 0 aliphatic heterocycles. The van der Waals surface area contributed by atoms with Gasteiger partial charge in [0, 0.05) is 10.9 Å². The molecule has 24 heavy (non-hydrogen) atoms. The van der Waals surface area contributed by atoms with Crippen molar-refractivity contribution in [2.75, 3.05) is 12.8 Å². The van der Waals surface area contributed by atoms with E-state index < -0.39 is 5.97 Å². The lowest BCUT2D eigenvalue weighted by Crippen LogP contribution is -2.01. The largest absolute Gasteiger partial charge is 0.465 e. The zero-order chi connectivity index (χ0) is 16.7. The number of nitrogen functional groups attached to an aromatic ring is 1. The van der Waals surface area contributed by atoms with Crippen molar-refractivity contribution < 1.29 is 13.9 Å². The molecule has 0 unspecified atom stereocenters. The van der Waals surface area contributed by atoms with E-state index in [2.05, 4.69) is 4.98 Å². The van der Waals surface area contributed by atoms with E-state index in [4.69, 9.17) is 14.9 Å². The van der Waals surface area contributed by atoms with Gasteiger partial charge in [-0.15, -0.1) is 0 Å². The Morgan fingerprint density at radius 3 is 2.62 bits per heavy atom. The van der Waals surface area contributed by atoms with Gasteiger partial charge >= 0.3 is 5.97 Å². The third-order valence-electron chi connectivity index (χ3n) is 3.97. The van der Waals surface area contributed by atoms with Crippen LogP contribution in [0.2, 0.25) is 0 Å². The Morgan fingerprint density at radius 1 is 1.08 bits per heavy atom. The van der Waals surface area contributed by atoms with Gasteiger partial charge in [-0.2, -0.15) is 0 Å². The summed E-state index contributed by atoms with van der Waals surface area (Å²) in [4.78, 5) is 16.1. The van der Waals surface area contributed by atoms with Crippen molar-refractivity contribution in [3.05, 3.63) is 60.2 Å². The first kappa shape index (κ1) is 14.3. The molecule has 0 amide bonds. The van der Waals surface area contributed by atoms with Crippen molar-refractivity contribution in [3.63, 3.8) is 0 Å². The topological polar surface area (TPSA) is 78.3 Å². The fourth-order valence-electron chi connectivity index (χ4n) is 2.78. The van der Waals surface area contributed by atoms with Gasteiger partial charge in [-0.1, -0.05) is 30.3 Å². The molecular weight excluding hydrogens is 304 g/mol. The smallest absolute Gasteiger partial charge is 0.337 e. The maximum absolute atomic E-state index is 11.7. The van der Waals surface area contributed by atoms with E-state index in [0.29, 0.717) is 22.5 Å². The number of nitrogens with two attached hydrogens (primary N) is 1. The van der Waals surface area contributed by atoms with Crippen molar-refractivity contribution in [1.82, 2.24) is 4.98 Å². The van der Waals surface area contributed by atoms with Crippen LogP contribution in [0.1, 0.15) is 10.4 Å². The molecule has 4 aromatic rings. The summed E-state index contributed by atoms with van der Waals surface area (Å²) in [5, 5.41) is 1.56. The number of nitrogens with zero attached hydrogens (tertiary/aromatic N) is 1. The molecule has 0 atom stereocenters. The van der Waals surface area contributed by atoms with Gasteiger partial charge in [0.25, 0.3) is 0 Å². The molecule has 2 heterocycles. The molecule has 0 radical (unpaired) electrons. The molecule has 2 aromatic heterocycles. The van der Waals surface area contributed by atoms with Gasteiger partial charge < -0.3 is 14.9 Å². The van der Waals surface area contributed by atoms with Gasteiger partial charge in [-0.25, -0.2) is 9.78 Å². The number of pyridine rings is 1. The molecule has 0 fully saturated rings. The number of aromatic nitrogens is 1. The molecule has 2 aromatic carbocycles. The highest BCUT2D eigenvalue weighted by molar-refractivity contribution is 6.09. The van der Waals surface area contributed by atoms with Crippen LogP contribution in [0, 0.1) is 0 Å². The molecule has 0 spiro atoms. The normalized spacial score (nSPS) is 11.0. The minimum Gasteiger partial charge on any atom is -0.465 e. The van der Waals surface area contributed by atoms with E-state index in [9.17, 15) is 4.79 Å². The fraction of sp³-hybridized carbons (Fsp3) is 0.0526. The zero-order valence-electron chi connectivity index (χ0n) is 12.9. The number of fused-ring (bicyclic) bond motifs is 3. The first-order valence-corrected chi connectivity index (χ1v) is 7.44. The van der Waals surface area contributed by atoms with Crippen LogP contribution in [0.3, 0.4) is 0 Å². The van der Waals surface area contributed by atoms with E-state index in [-0.39, 0.29) is 0 Å². The lowest BCUT2D eigenvalue weighted by molar-refractivity contribution is 0.0601. The van der Waals surface area contributed by atoms with Crippen LogP contribution in [0.25, 0.3) is 33.2 Å². The molecule has 0 saturated heterocycles. The Bertz CT molecular complexity index is 1070. The number of anilines is 1. The van der Waals surface area contributed by atoms with E-state index in [0.717, 1.165) is 22.1 Å². The average Bonchev–Trinajstić information content (AvgIpc) is 3.07. The SMILES string of the molecule is COC(=O)c1ccc2c(c1)nc(N)c1cc(-c3ccccc3)oc12. The lowest BCUT2D eigenvalue weighted by atomic mass is 10.1. The predicted molar refractivity (Wildman–Crippen MR) is 92.7 cm³/mol. The number of carbonyl (C=O) groups is 1. The number of esters is 1. The molecule has 2 N–H and O–H groups in total. The Kier molecular flexibility index (Phi) is 3.20. The molecule has 0 aliphatic carbocycles. The first-order chi connectivity index (χ1) is 11.7. The summed E-state index contributed by atoms with van der Waals surface area (Å²) in [5.74, 6) is 0.677. The van der Waals surface area contributed by atoms with Crippen molar-refractivity contribution in [2.24, 2.45) is 0 Å². The standard InChI is InChI=1S/C19H14N2O3/c1-23-19(22)12-7-8-13-15(9-12)21-18(20)14-10-16(24-17(13)14)11-5-3-2-4-6-11/h2-10H,1H3,(H2,20,21). The maximum Gasteiger partial charge on any atom is 0.337 e. The van der Waals surface area contributed by atoms with Crippen LogP contribution < -0.4 is 5.73 Å². The monoisotopic (exact) mass is 318 g/mol.